The van der Waals surface area contributed by atoms with E-state index in [2.05, 4.69) is 10.6 Å². The number of amides is 3. The minimum Gasteiger partial charge on any atom is -0.495 e. The predicted octanol–water partition coefficient (Wildman–Crippen LogP) is 7.00. The summed E-state index contributed by atoms with van der Waals surface area (Å²) in [5.41, 5.74) is 1.76. The summed E-state index contributed by atoms with van der Waals surface area (Å²) in [4.78, 5) is 27.4. The summed E-state index contributed by atoms with van der Waals surface area (Å²) in [7, 11) is 1.55. The van der Waals surface area contributed by atoms with Crippen molar-refractivity contribution in [2.45, 2.75) is 6.42 Å². The summed E-state index contributed by atoms with van der Waals surface area (Å²) >= 11 is 5.90. The highest BCUT2D eigenvalue weighted by atomic mass is 35.5. The standard InChI is InChI=1S/C30H28ClN3O4/c1-37-28-11-6-5-10-27(28)33-30(36)34(21-7-20-32-29(35)22-12-14-23(31)15-13-22)24-16-18-26(19-17-24)38-25-8-3-2-4-9-25/h2-6,8-19H,7,20-21H2,1H3,(H,32,35)(H,33,36). The first-order valence-corrected chi connectivity index (χ1v) is 12.5. The third kappa shape index (κ3) is 7.27. The Bertz CT molecular complexity index is 1350. The molecular formula is C30H28ClN3O4. The molecule has 0 aromatic heterocycles. The molecule has 3 amide bonds. The smallest absolute Gasteiger partial charge is 0.326 e. The van der Waals surface area contributed by atoms with E-state index in [1.54, 1.807) is 48.4 Å². The van der Waals surface area contributed by atoms with Crippen LogP contribution in [0.4, 0.5) is 16.2 Å². The van der Waals surface area contributed by atoms with Crippen molar-refractivity contribution in [1.82, 2.24) is 5.32 Å². The van der Waals surface area contributed by atoms with Crippen LogP contribution in [0.5, 0.6) is 17.2 Å². The van der Waals surface area contributed by atoms with Crippen LogP contribution in [0.2, 0.25) is 5.02 Å². The van der Waals surface area contributed by atoms with Gasteiger partial charge in [0.25, 0.3) is 5.91 Å². The van der Waals surface area contributed by atoms with E-state index < -0.39 is 0 Å². The highest BCUT2D eigenvalue weighted by molar-refractivity contribution is 6.30. The molecule has 0 unspecified atom stereocenters. The second-order valence-electron chi connectivity index (χ2n) is 8.31. The highest BCUT2D eigenvalue weighted by Crippen LogP contribution is 2.27. The fourth-order valence-corrected chi connectivity index (χ4v) is 3.87. The molecule has 38 heavy (non-hydrogen) atoms. The van der Waals surface area contributed by atoms with Gasteiger partial charge in [0.2, 0.25) is 0 Å². The zero-order chi connectivity index (χ0) is 26.7. The van der Waals surface area contributed by atoms with Crippen molar-refractivity contribution in [3.63, 3.8) is 0 Å². The molecule has 0 saturated carbocycles. The number of ether oxygens (including phenoxy) is 2. The molecular weight excluding hydrogens is 502 g/mol. The molecule has 4 rings (SSSR count). The van der Waals surface area contributed by atoms with Crippen molar-refractivity contribution in [3.8, 4) is 17.2 Å². The zero-order valence-corrected chi connectivity index (χ0v) is 21.7. The summed E-state index contributed by atoms with van der Waals surface area (Å²) in [5, 5.41) is 6.38. The number of benzene rings is 4. The van der Waals surface area contributed by atoms with Crippen molar-refractivity contribution in [2.75, 3.05) is 30.4 Å². The van der Waals surface area contributed by atoms with Gasteiger partial charge in [-0.05, 0) is 79.2 Å². The van der Waals surface area contributed by atoms with E-state index in [1.165, 1.54) is 0 Å². The van der Waals surface area contributed by atoms with E-state index in [1.807, 2.05) is 66.7 Å². The molecule has 0 heterocycles. The van der Waals surface area contributed by atoms with Crippen molar-refractivity contribution >= 4 is 34.9 Å². The SMILES string of the molecule is COc1ccccc1NC(=O)N(CCCNC(=O)c1ccc(Cl)cc1)c1ccc(Oc2ccccc2)cc1. The van der Waals surface area contributed by atoms with Crippen LogP contribution in [0.1, 0.15) is 16.8 Å². The predicted molar refractivity (Wildman–Crippen MR) is 151 cm³/mol. The lowest BCUT2D eigenvalue weighted by atomic mass is 10.2. The average Bonchev–Trinajstić information content (AvgIpc) is 2.94. The minimum absolute atomic E-state index is 0.200. The molecule has 8 heteroatoms. The number of urea groups is 1. The molecule has 0 saturated heterocycles. The van der Waals surface area contributed by atoms with E-state index in [4.69, 9.17) is 21.1 Å². The van der Waals surface area contributed by atoms with Crippen LogP contribution in [0.3, 0.4) is 0 Å². The van der Waals surface area contributed by atoms with E-state index in [9.17, 15) is 9.59 Å². The number of halogens is 1. The van der Waals surface area contributed by atoms with E-state index >= 15 is 0 Å². The number of anilines is 2. The van der Waals surface area contributed by atoms with Crippen molar-refractivity contribution in [2.24, 2.45) is 0 Å². The number of carbonyl (C=O) groups excluding carboxylic acids is 2. The lowest BCUT2D eigenvalue weighted by molar-refractivity contribution is 0.0953. The lowest BCUT2D eigenvalue weighted by Gasteiger charge is -2.24. The van der Waals surface area contributed by atoms with E-state index in [0.29, 0.717) is 53.0 Å². The van der Waals surface area contributed by atoms with Crippen LogP contribution in [0.25, 0.3) is 0 Å². The molecule has 7 nitrogen and oxygen atoms in total. The number of rotatable bonds is 10. The van der Waals surface area contributed by atoms with Crippen LogP contribution in [0, 0.1) is 0 Å². The summed E-state index contributed by atoms with van der Waals surface area (Å²) in [6.45, 7) is 0.746. The second kappa shape index (κ2) is 13.2. The molecule has 0 bridgehead atoms. The molecule has 0 radical (unpaired) electrons. The summed E-state index contributed by atoms with van der Waals surface area (Å²) < 4.78 is 11.3. The fraction of sp³-hybridized carbons (Fsp3) is 0.133. The minimum atomic E-state index is -0.324. The third-order valence-corrected chi connectivity index (χ3v) is 5.92. The molecule has 0 aliphatic carbocycles. The molecule has 194 valence electrons. The van der Waals surface area contributed by atoms with Crippen molar-refractivity contribution in [3.05, 3.63) is 114 Å². The maximum Gasteiger partial charge on any atom is 0.326 e. The van der Waals surface area contributed by atoms with Crippen molar-refractivity contribution < 1.29 is 19.1 Å². The Morgan fingerprint density at radius 3 is 2.18 bits per heavy atom. The van der Waals surface area contributed by atoms with Gasteiger partial charge in [0, 0.05) is 29.4 Å². The monoisotopic (exact) mass is 529 g/mol. The van der Waals surface area contributed by atoms with Crippen LogP contribution < -0.4 is 25.0 Å². The molecule has 0 atom stereocenters. The van der Waals surface area contributed by atoms with Crippen LogP contribution in [-0.2, 0) is 0 Å². The normalized spacial score (nSPS) is 10.4. The lowest BCUT2D eigenvalue weighted by Crippen LogP contribution is -2.37. The maximum atomic E-state index is 13.4. The van der Waals surface area contributed by atoms with Gasteiger partial charge in [-0.1, -0.05) is 41.9 Å². The summed E-state index contributed by atoms with van der Waals surface area (Å²) in [5.74, 6) is 1.74. The van der Waals surface area contributed by atoms with Gasteiger partial charge in [-0.15, -0.1) is 0 Å². The van der Waals surface area contributed by atoms with Gasteiger partial charge in [-0.3, -0.25) is 9.69 Å². The number of para-hydroxylation sites is 3. The summed E-state index contributed by atoms with van der Waals surface area (Å²) in [6.07, 6.45) is 0.529. The molecule has 0 aliphatic heterocycles. The Balaban J connectivity index is 1.44. The van der Waals surface area contributed by atoms with Gasteiger partial charge in [-0.25, -0.2) is 4.79 Å². The number of nitrogens with one attached hydrogen (secondary N) is 2. The number of hydrogen-bond donors (Lipinski definition) is 2. The zero-order valence-electron chi connectivity index (χ0n) is 20.9. The molecule has 0 spiro atoms. The molecule has 2 N–H and O–H groups in total. The van der Waals surface area contributed by atoms with Crippen LogP contribution in [0.15, 0.2) is 103 Å². The van der Waals surface area contributed by atoms with Gasteiger partial charge in [0.15, 0.2) is 0 Å². The first-order chi connectivity index (χ1) is 18.5. The Morgan fingerprint density at radius 1 is 0.816 bits per heavy atom. The third-order valence-electron chi connectivity index (χ3n) is 5.67. The van der Waals surface area contributed by atoms with Gasteiger partial charge < -0.3 is 20.1 Å². The topological polar surface area (TPSA) is 79.9 Å². The molecule has 0 aliphatic rings. The molecule has 0 fully saturated rings. The first kappa shape index (κ1) is 26.6. The van der Waals surface area contributed by atoms with Gasteiger partial charge in [0.05, 0.1) is 12.8 Å². The Morgan fingerprint density at radius 2 is 1.47 bits per heavy atom. The van der Waals surface area contributed by atoms with Crippen LogP contribution in [-0.4, -0.2) is 32.1 Å². The Hall–Kier alpha value is -4.49. The largest absolute Gasteiger partial charge is 0.495 e. The van der Waals surface area contributed by atoms with Crippen molar-refractivity contribution in [1.29, 1.82) is 0 Å². The first-order valence-electron chi connectivity index (χ1n) is 12.1. The maximum absolute atomic E-state index is 13.4. The Labute approximate surface area is 227 Å². The quantitative estimate of drug-likeness (QED) is 0.217. The van der Waals surface area contributed by atoms with Crippen LogP contribution >= 0.6 is 11.6 Å². The average molecular weight is 530 g/mol. The number of nitrogens with zero attached hydrogens (tertiary/aromatic N) is 1. The van der Waals surface area contributed by atoms with Gasteiger partial charge in [-0.2, -0.15) is 0 Å². The summed E-state index contributed by atoms with van der Waals surface area (Å²) in [6, 6.07) is 30.3. The highest BCUT2D eigenvalue weighted by Gasteiger charge is 2.18. The number of methoxy groups -OCH3 is 1. The fourth-order valence-electron chi connectivity index (χ4n) is 3.74. The van der Waals surface area contributed by atoms with Gasteiger partial charge >= 0.3 is 6.03 Å². The van der Waals surface area contributed by atoms with Gasteiger partial charge in [0.1, 0.15) is 17.2 Å². The van der Waals surface area contributed by atoms with E-state index in [-0.39, 0.29) is 11.9 Å². The van der Waals surface area contributed by atoms with E-state index in [0.717, 1.165) is 5.75 Å². The number of carbonyl (C=O) groups is 2. The Kier molecular flexibility index (Phi) is 9.21. The molecule has 4 aromatic carbocycles. The molecule has 4 aromatic rings. The second-order valence-corrected chi connectivity index (χ2v) is 8.74. The number of hydrogen-bond acceptors (Lipinski definition) is 4.